The van der Waals surface area contributed by atoms with Crippen LogP contribution in [0.25, 0.3) is 11.1 Å². The first-order valence-electron chi connectivity index (χ1n) is 24.8. The molecular weight excluding hydrogens is 911 g/mol. The molecule has 2 atom stereocenters. The van der Waals surface area contributed by atoms with Gasteiger partial charge in [-0.1, -0.05) is 121 Å². The topological polar surface area (TPSA) is 165 Å². The van der Waals surface area contributed by atoms with E-state index < -0.39 is 53.4 Å². The lowest BCUT2D eigenvalue weighted by Crippen LogP contribution is -2.57. The summed E-state index contributed by atoms with van der Waals surface area (Å²) in [5.41, 5.74) is 8.18. The van der Waals surface area contributed by atoms with Gasteiger partial charge >= 0.3 is 24.2 Å². The van der Waals surface area contributed by atoms with E-state index in [0.717, 1.165) is 38.4 Å². The average molecular weight is 982 g/mol. The highest BCUT2D eigenvalue weighted by molar-refractivity contribution is 5.88. The molecule has 0 bridgehead atoms. The Kier molecular flexibility index (Phi) is 18.9. The van der Waals surface area contributed by atoms with E-state index in [1.165, 1.54) is 0 Å². The minimum Gasteiger partial charge on any atom is -0.488 e. The number of carbonyl (C=O) groups is 5. The van der Waals surface area contributed by atoms with Crippen LogP contribution in [-0.2, 0) is 43.4 Å². The maximum absolute atomic E-state index is 14.7. The molecule has 14 nitrogen and oxygen atoms in total. The highest BCUT2D eigenvalue weighted by Gasteiger charge is 2.32. The van der Waals surface area contributed by atoms with Crippen LogP contribution in [0.5, 0.6) is 5.75 Å². The summed E-state index contributed by atoms with van der Waals surface area (Å²) in [5.74, 6) is -0.781. The van der Waals surface area contributed by atoms with Gasteiger partial charge in [0.15, 0.2) is 0 Å². The fraction of sp³-hybridized carbons (Fsp3) is 0.397. The van der Waals surface area contributed by atoms with Crippen molar-refractivity contribution in [2.24, 2.45) is 0 Å². The predicted octanol–water partition coefficient (Wildman–Crippen LogP) is 10.9. The lowest BCUT2D eigenvalue weighted by atomic mass is 9.98. The van der Waals surface area contributed by atoms with Gasteiger partial charge in [0.1, 0.15) is 36.2 Å². The molecule has 0 saturated heterocycles. The minimum atomic E-state index is -1.18. The van der Waals surface area contributed by atoms with Crippen LogP contribution in [0.4, 0.5) is 14.4 Å². The maximum atomic E-state index is 14.7. The number of hydrogen-bond donors (Lipinski definition) is 3. The number of hydrazine groups is 1. The molecule has 72 heavy (non-hydrogen) atoms. The van der Waals surface area contributed by atoms with Crippen molar-refractivity contribution in [3.63, 3.8) is 0 Å². The number of fused-ring (bicyclic) bond motifs is 3. The van der Waals surface area contributed by atoms with Crippen LogP contribution in [0.3, 0.4) is 0 Å². The molecule has 0 saturated carbocycles. The zero-order chi connectivity index (χ0) is 51.8. The van der Waals surface area contributed by atoms with Gasteiger partial charge in [0.25, 0.3) is 5.91 Å². The maximum Gasteiger partial charge on any atom is 0.410 e. The lowest BCUT2D eigenvalue weighted by Gasteiger charge is -2.30. The van der Waals surface area contributed by atoms with Crippen LogP contribution in [0, 0.1) is 0 Å². The number of nitrogens with one attached hydrogen (secondary N) is 3. The quantitative estimate of drug-likeness (QED) is 0.0298. The molecule has 0 aliphatic heterocycles. The van der Waals surface area contributed by atoms with E-state index in [4.69, 9.17) is 18.9 Å². The largest absolute Gasteiger partial charge is 0.488 e. The van der Waals surface area contributed by atoms with Gasteiger partial charge in [-0.15, -0.1) is 0 Å². The van der Waals surface area contributed by atoms with E-state index in [0.29, 0.717) is 37.1 Å². The summed E-state index contributed by atoms with van der Waals surface area (Å²) in [6.45, 7) is 15.5. The molecule has 5 amide bonds. The molecule has 0 heterocycles. The number of esters is 1. The monoisotopic (exact) mass is 982 g/mol. The SMILES string of the molecule is CC(C)N(CCCC[C@@H](CC(=O)OCc1ccccc1)NC(=O)N(Cc1ccc(OC(C)(C)C)cc1)NC(=O)[C@H](Cc1ccccc1)NC(=O)OCC1c2ccccc2-c2ccccc21)C(=O)OC(C)(C)C. The fourth-order valence-electron chi connectivity index (χ4n) is 8.44. The van der Waals surface area contributed by atoms with E-state index in [9.17, 15) is 24.0 Å². The molecular formula is C58H71N5O9. The van der Waals surface area contributed by atoms with Crippen LogP contribution in [0.2, 0.25) is 0 Å². The van der Waals surface area contributed by atoms with Gasteiger partial charge in [-0.2, -0.15) is 0 Å². The molecule has 14 heteroatoms. The molecule has 1 aliphatic carbocycles. The van der Waals surface area contributed by atoms with Crippen LogP contribution in [0.1, 0.15) is 115 Å². The fourth-order valence-corrected chi connectivity index (χ4v) is 8.44. The third-order valence-corrected chi connectivity index (χ3v) is 11.8. The number of amides is 5. The van der Waals surface area contributed by atoms with Gasteiger partial charge in [0, 0.05) is 31.0 Å². The van der Waals surface area contributed by atoms with E-state index in [-0.39, 0.29) is 44.6 Å². The van der Waals surface area contributed by atoms with Crippen molar-refractivity contribution in [3.05, 3.63) is 161 Å². The average Bonchev–Trinajstić information content (AvgIpc) is 3.65. The Morgan fingerprint density at radius 3 is 1.81 bits per heavy atom. The number of rotatable bonds is 20. The minimum absolute atomic E-state index is 0.0364. The van der Waals surface area contributed by atoms with E-state index in [2.05, 4.69) is 28.2 Å². The molecule has 1 aliphatic rings. The Morgan fingerprint density at radius 1 is 0.639 bits per heavy atom. The normalized spacial score (nSPS) is 12.9. The van der Waals surface area contributed by atoms with Gasteiger partial charge in [-0.05, 0) is 126 Å². The second kappa shape index (κ2) is 25.2. The standard InChI is InChI=1S/C58H71N5O9/c1-40(2)62(56(68)72-58(6,7)8)34-20-19-25-44(36-52(64)69-38-43-23-13-10-14-24-43)59-54(66)63(37-42-30-32-45(33-31-42)71-57(3,4)5)61-53(65)51(35-41-21-11-9-12-22-41)60-55(67)70-39-50-48-28-17-15-26-46(48)47-27-16-18-29-49(47)50/h9-18,21-24,26-33,40,44,50-51H,19-20,25,34-39H2,1-8H3,(H,59,66)(H,60,67)(H,61,65)/t44-,51-/m0/s1. The van der Waals surface area contributed by atoms with Crippen molar-refractivity contribution in [2.45, 2.75) is 136 Å². The van der Waals surface area contributed by atoms with Crippen molar-refractivity contribution >= 4 is 30.1 Å². The summed E-state index contributed by atoms with van der Waals surface area (Å²) in [6.07, 6.45) is 0.108. The van der Waals surface area contributed by atoms with Crippen molar-refractivity contribution in [3.8, 4) is 16.9 Å². The molecule has 0 spiro atoms. The Balaban J connectivity index is 1.22. The molecule has 382 valence electrons. The zero-order valence-electron chi connectivity index (χ0n) is 42.9. The Hall–Kier alpha value is -7.35. The third-order valence-electron chi connectivity index (χ3n) is 11.8. The molecule has 0 aromatic heterocycles. The Labute approximate surface area is 424 Å². The van der Waals surface area contributed by atoms with Crippen LogP contribution >= 0.6 is 0 Å². The Morgan fingerprint density at radius 2 is 1.22 bits per heavy atom. The van der Waals surface area contributed by atoms with Crippen LogP contribution < -0.4 is 20.8 Å². The smallest absolute Gasteiger partial charge is 0.410 e. The molecule has 5 aromatic rings. The van der Waals surface area contributed by atoms with Crippen LogP contribution in [-0.4, -0.2) is 82.5 Å². The zero-order valence-corrected chi connectivity index (χ0v) is 42.9. The van der Waals surface area contributed by atoms with Crippen molar-refractivity contribution in [1.29, 1.82) is 0 Å². The highest BCUT2D eigenvalue weighted by atomic mass is 16.6. The summed E-state index contributed by atoms with van der Waals surface area (Å²) in [6, 6.07) is 39.0. The first kappa shape index (κ1) is 54.0. The first-order valence-corrected chi connectivity index (χ1v) is 24.8. The summed E-state index contributed by atoms with van der Waals surface area (Å²) < 4.78 is 23.3. The number of urea groups is 1. The van der Waals surface area contributed by atoms with Crippen molar-refractivity contribution in [2.75, 3.05) is 13.2 Å². The summed E-state index contributed by atoms with van der Waals surface area (Å²) in [5, 5.41) is 6.94. The lowest BCUT2D eigenvalue weighted by molar-refractivity contribution is -0.145. The number of unbranched alkanes of at least 4 members (excludes halogenated alkanes) is 1. The Bertz CT molecular complexity index is 2530. The number of hydrogen-bond acceptors (Lipinski definition) is 9. The van der Waals surface area contributed by atoms with Crippen LogP contribution in [0.15, 0.2) is 133 Å². The third kappa shape index (κ3) is 16.6. The molecule has 0 unspecified atom stereocenters. The summed E-state index contributed by atoms with van der Waals surface area (Å²) in [7, 11) is 0. The number of ether oxygens (including phenoxy) is 4. The molecule has 0 radical (unpaired) electrons. The molecule has 3 N–H and O–H groups in total. The van der Waals surface area contributed by atoms with E-state index >= 15 is 0 Å². The van der Waals surface area contributed by atoms with Crippen molar-refractivity contribution in [1.82, 2.24) is 26.0 Å². The number of alkyl carbamates (subject to hydrolysis) is 1. The predicted molar refractivity (Wildman–Crippen MR) is 278 cm³/mol. The van der Waals surface area contributed by atoms with Gasteiger partial charge in [0.2, 0.25) is 0 Å². The van der Waals surface area contributed by atoms with Gasteiger partial charge in [-0.3, -0.25) is 15.0 Å². The van der Waals surface area contributed by atoms with Gasteiger partial charge < -0.3 is 34.5 Å². The van der Waals surface area contributed by atoms with Gasteiger partial charge in [-0.25, -0.2) is 19.4 Å². The molecule has 5 aromatic carbocycles. The second-order valence-electron chi connectivity index (χ2n) is 20.4. The summed E-state index contributed by atoms with van der Waals surface area (Å²) >= 11 is 0. The molecule has 6 rings (SSSR count). The molecule has 0 fully saturated rings. The highest BCUT2D eigenvalue weighted by Crippen LogP contribution is 2.44. The number of benzene rings is 5. The second-order valence-corrected chi connectivity index (χ2v) is 20.4. The van der Waals surface area contributed by atoms with E-state index in [1.807, 2.05) is 152 Å². The summed E-state index contributed by atoms with van der Waals surface area (Å²) in [4.78, 5) is 71.2. The van der Waals surface area contributed by atoms with Crippen molar-refractivity contribution < 1.29 is 42.9 Å². The number of carbonyl (C=O) groups excluding carboxylic acids is 5. The van der Waals surface area contributed by atoms with E-state index in [1.54, 1.807) is 29.2 Å². The number of nitrogens with zero attached hydrogens (tertiary/aromatic N) is 2. The van der Waals surface area contributed by atoms with Gasteiger partial charge in [0.05, 0.1) is 13.0 Å². The first-order chi connectivity index (χ1) is 34.3.